The first kappa shape index (κ1) is 20.4. The lowest BCUT2D eigenvalue weighted by molar-refractivity contribution is 0.647. The summed E-state index contributed by atoms with van der Waals surface area (Å²) in [7, 11) is 0. The second-order valence-electron chi connectivity index (χ2n) is 9.12. The number of furan rings is 1. The van der Waals surface area contributed by atoms with Crippen LogP contribution in [-0.2, 0) is 6.42 Å². The summed E-state index contributed by atoms with van der Waals surface area (Å²) in [5.41, 5.74) is 8.42. The first-order chi connectivity index (χ1) is 15.5. The molecule has 0 saturated heterocycles. The molecule has 0 saturated carbocycles. The molecule has 3 aromatic heterocycles. The zero-order valence-corrected chi connectivity index (χ0v) is 19.1. The Morgan fingerprint density at radius 3 is 2.47 bits per heavy atom. The van der Waals surface area contributed by atoms with Crippen LogP contribution in [0.4, 0.5) is 0 Å². The molecule has 160 valence electrons. The SMILES string of the molecule is Cc1cc2c(oc3ccc(-c4cc(CC(C)C)ccn4)cc32)c(C(C)c2ccccc2)n1. The average molecular weight is 421 g/mol. The second kappa shape index (κ2) is 8.23. The highest BCUT2D eigenvalue weighted by atomic mass is 16.3. The summed E-state index contributed by atoms with van der Waals surface area (Å²) in [6.07, 6.45) is 2.97. The molecule has 3 heterocycles. The quantitative estimate of drug-likeness (QED) is 0.292. The van der Waals surface area contributed by atoms with Gasteiger partial charge in [0.1, 0.15) is 5.58 Å². The summed E-state index contributed by atoms with van der Waals surface area (Å²) >= 11 is 0. The number of pyridine rings is 2. The molecule has 0 fully saturated rings. The third kappa shape index (κ3) is 3.80. The van der Waals surface area contributed by atoms with Crippen molar-refractivity contribution in [2.24, 2.45) is 5.92 Å². The number of nitrogens with zero attached hydrogens (tertiary/aromatic N) is 2. The highest BCUT2D eigenvalue weighted by molar-refractivity contribution is 6.07. The largest absolute Gasteiger partial charge is 0.454 e. The molecule has 0 N–H and O–H groups in total. The molecule has 3 heteroatoms. The van der Waals surface area contributed by atoms with Gasteiger partial charge in [0.25, 0.3) is 0 Å². The minimum atomic E-state index is 0.146. The van der Waals surface area contributed by atoms with Crippen LogP contribution >= 0.6 is 0 Å². The van der Waals surface area contributed by atoms with Crippen molar-refractivity contribution in [3.05, 3.63) is 95.4 Å². The van der Waals surface area contributed by atoms with E-state index in [1.807, 2.05) is 12.3 Å². The van der Waals surface area contributed by atoms with E-state index >= 15 is 0 Å². The van der Waals surface area contributed by atoms with E-state index in [1.54, 1.807) is 0 Å². The predicted molar refractivity (Wildman–Crippen MR) is 132 cm³/mol. The Labute approximate surface area is 189 Å². The van der Waals surface area contributed by atoms with Gasteiger partial charge in [-0.1, -0.05) is 51.1 Å². The maximum absolute atomic E-state index is 6.37. The van der Waals surface area contributed by atoms with Gasteiger partial charge in [-0.15, -0.1) is 0 Å². The van der Waals surface area contributed by atoms with Crippen LogP contribution in [0.25, 0.3) is 33.2 Å². The molecule has 5 aromatic rings. The van der Waals surface area contributed by atoms with Crippen molar-refractivity contribution in [2.75, 3.05) is 0 Å². The Bertz CT molecular complexity index is 1400. The zero-order valence-electron chi connectivity index (χ0n) is 19.1. The first-order valence-corrected chi connectivity index (χ1v) is 11.3. The van der Waals surface area contributed by atoms with E-state index < -0.39 is 0 Å². The van der Waals surface area contributed by atoms with E-state index in [1.165, 1.54) is 11.1 Å². The van der Waals surface area contributed by atoms with E-state index in [-0.39, 0.29) is 5.92 Å². The highest BCUT2D eigenvalue weighted by Gasteiger charge is 2.19. The maximum atomic E-state index is 6.37. The number of benzene rings is 2. The molecule has 0 aliphatic heterocycles. The smallest absolute Gasteiger partial charge is 0.157 e. The van der Waals surface area contributed by atoms with Gasteiger partial charge in [-0.05, 0) is 66.8 Å². The number of hydrogen-bond donors (Lipinski definition) is 0. The molecule has 0 spiro atoms. The van der Waals surface area contributed by atoms with Crippen LogP contribution in [0.5, 0.6) is 0 Å². The van der Waals surface area contributed by atoms with Crippen molar-refractivity contribution in [1.82, 2.24) is 9.97 Å². The summed E-state index contributed by atoms with van der Waals surface area (Å²) in [6, 6.07) is 23.3. The Morgan fingerprint density at radius 2 is 1.69 bits per heavy atom. The molecule has 0 aliphatic rings. The summed E-state index contributed by atoms with van der Waals surface area (Å²) in [6.45, 7) is 8.74. The summed E-state index contributed by atoms with van der Waals surface area (Å²) in [4.78, 5) is 9.53. The van der Waals surface area contributed by atoms with Crippen LogP contribution in [0.15, 0.2) is 77.3 Å². The van der Waals surface area contributed by atoms with Crippen LogP contribution in [-0.4, -0.2) is 9.97 Å². The molecule has 5 rings (SSSR count). The van der Waals surface area contributed by atoms with Crippen LogP contribution in [0.1, 0.15) is 49.2 Å². The number of hydrogen-bond acceptors (Lipinski definition) is 3. The predicted octanol–water partition coefficient (Wildman–Crippen LogP) is 7.70. The third-order valence-corrected chi connectivity index (χ3v) is 6.08. The van der Waals surface area contributed by atoms with E-state index in [2.05, 4.69) is 93.3 Å². The van der Waals surface area contributed by atoms with Gasteiger partial charge in [-0.2, -0.15) is 0 Å². The molecular formula is C29H28N2O. The van der Waals surface area contributed by atoms with Crippen molar-refractivity contribution in [3.8, 4) is 11.3 Å². The third-order valence-electron chi connectivity index (χ3n) is 6.08. The zero-order chi connectivity index (χ0) is 22.2. The number of aromatic nitrogens is 2. The number of rotatable bonds is 5. The lowest BCUT2D eigenvalue weighted by Crippen LogP contribution is -2.01. The first-order valence-electron chi connectivity index (χ1n) is 11.3. The monoisotopic (exact) mass is 420 g/mol. The molecule has 32 heavy (non-hydrogen) atoms. The van der Waals surface area contributed by atoms with Crippen LogP contribution in [0.2, 0.25) is 0 Å². The minimum absolute atomic E-state index is 0.146. The van der Waals surface area contributed by atoms with E-state index in [0.29, 0.717) is 5.92 Å². The molecule has 1 atom stereocenters. The second-order valence-corrected chi connectivity index (χ2v) is 9.12. The van der Waals surface area contributed by atoms with Crippen LogP contribution in [0.3, 0.4) is 0 Å². The van der Waals surface area contributed by atoms with Gasteiger partial charge < -0.3 is 4.42 Å². The minimum Gasteiger partial charge on any atom is -0.454 e. The van der Waals surface area contributed by atoms with Crippen molar-refractivity contribution in [3.63, 3.8) is 0 Å². The van der Waals surface area contributed by atoms with Gasteiger partial charge in [0.05, 0.1) is 11.4 Å². The normalized spacial score (nSPS) is 12.7. The van der Waals surface area contributed by atoms with E-state index in [9.17, 15) is 0 Å². The number of fused-ring (bicyclic) bond motifs is 3. The molecule has 0 amide bonds. The Hall–Kier alpha value is -3.46. The van der Waals surface area contributed by atoms with Gasteiger partial charge in [-0.3, -0.25) is 9.97 Å². The Balaban J connectivity index is 1.64. The van der Waals surface area contributed by atoms with Gasteiger partial charge in [0.2, 0.25) is 0 Å². The standard InChI is InChI=1S/C29H28N2O/c1-18(2)14-21-12-13-30-26(16-21)23-10-11-27-24(17-23)25-15-19(3)31-28(29(25)32-27)20(4)22-8-6-5-7-9-22/h5-13,15-18,20H,14H2,1-4H3. The summed E-state index contributed by atoms with van der Waals surface area (Å²) in [5, 5.41) is 2.23. The average Bonchev–Trinajstić information content (AvgIpc) is 3.16. The lowest BCUT2D eigenvalue weighted by Gasteiger charge is -2.12. The topological polar surface area (TPSA) is 38.9 Å². The summed E-state index contributed by atoms with van der Waals surface area (Å²) in [5.74, 6) is 0.763. The fraction of sp³-hybridized carbons (Fsp3) is 0.241. The highest BCUT2D eigenvalue weighted by Crippen LogP contribution is 2.37. The Kier molecular flexibility index (Phi) is 5.26. The lowest BCUT2D eigenvalue weighted by atomic mass is 9.95. The molecule has 2 aromatic carbocycles. The molecular weight excluding hydrogens is 392 g/mol. The van der Waals surface area contributed by atoms with Gasteiger partial charge >= 0.3 is 0 Å². The van der Waals surface area contributed by atoms with Crippen molar-refractivity contribution < 1.29 is 4.42 Å². The van der Waals surface area contributed by atoms with Gasteiger partial charge in [0.15, 0.2) is 5.58 Å². The fourth-order valence-corrected chi connectivity index (χ4v) is 4.52. The van der Waals surface area contributed by atoms with Gasteiger partial charge in [0, 0.05) is 34.1 Å². The van der Waals surface area contributed by atoms with Gasteiger partial charge in [-0.25, -0.2) is 0 Å². The molecule has 0 radical (unpaired) electrons. The van der Waals surface area contributed by atoms with Crippen LogP contribution in [0, 0.1) is 12.8 Å². The van der Waals surface area contributed by atoms with Crippen molar-refractivity contribution >= 4 is 21.9 Å². The molecule has 0 bridgehead atoms. The molecule has 1 unspecified atom stereocenters. The molecule has 0 aliphatic carbocycles. The van der Waals surface area contributed by atoms with E-state index in [4.69, 9.17) is 9.40 Å². The molecule has 3 nitrogen and oxygen atoms in total. The van der Waals surface area contributed by atoms with Crippen molar-refractivity contribution in [1.29, 1.82) is 0 Å². The van der Waals surface area contributed by atoms with Crippen LogP contribution < -0.4 is 0 Å². The van der Waals surface area contributed by atoms with Crippen molar-refractivity contribution in [2.45, 2.75) is 40.0 Å². The van der Waals surface area contributed by atoms with E-state index in [0.717, 1.165) is 51.0 Å². The Morgan fingerprint density at radius 1 is 0.875 bits per heavy atom. The number of aryl methyl sites for hydroxylation is 1. The summed E-state index contributed by atoms with van der Waals surface area (Å²) < 4.78 is 6.37. The maximum Gasteiger partial charge on any atom is 0.157 e. The fourth-order valence-electron chi connectivity index (χ4n) is 4.52.